The van der Waals surface area contributed by atoms with Crippen LogP contribution in [0.15, 0.2) is 11.6 Å². The quantitative estimate of drug-likeness (QED) is 0.277. The third-order valence-corrected chi connectivity index (χ3v) is 19.8. The Balaban J connectivity index is 1.49. The van der Waals surface area contributed by atoms with Gasteiger partial charge in [0.2, 0.25) is 0 Å². The van der Waals surface area contributed by atoms with Crippen molar-refractivity contribution >= 4 is 8.32 Å². The second-order valence-electron chi connectivity index (χ2n) is 19.0. The van der Waals surface area contributed by atoms with Gasteiger partial charge in [-0.15, -0.1) is 0 Å². The number of rotatable bonds is 3. The van der Waals surface area contributed by atoms with Gasteiger partial charge in [-0.05, 0) is 127 Å². The Hall–Kier alpha value is -0.123. The molecule has 5 rings (SSSR count). The van der Waals surface area contributed by atoms with Gasteiger partial charge in [0, 0.05) is 12.0 Å². The highest BCUT2D eigenvalue weighted by molar-refractivity contribution is 6.74. The summed E-state index contributed by atoms with van der Waals surface area (Å²) in [6.07, 6.45) is 15.8. The van der Waals surface area contributed by atoms with Crippen LogP contribution in [0, 0.1) is 50.2 Å². The standard InChI is InChI=1S/C36H64O2Si/c1-30(2,3)39(11,12)38-29-16-17-33(8)27(32(29,6)7)15-18-35(10)28(33)14-13-25-26-23-31(4,5)19-21-36(26,24-37)22-20-34(25,35)9/h13,26-29,37H,14-24H2,1-12H3/t26-,27?,28?,29-,33-,34-,35+,36+/m0/s1. The first-order valence-electron chi connectivity index (χ1n) is 16.7. The molecule has 0 heterocycles. The zero-order valence-corrected chi connectivity index (χ0v) is 29.0. The van der Waals surface area contributed by atoms with Gasteiger partial charge < -0.3 is 9.53 Å². The van der Waals surface area contributed by atoms with E-state index in [1.165, 1.54) is 64.2 Å². The predicted octanol–water partition coefficient (Wildman–Crippen LogP) is 10.2. The Labute approximate surface area is 243 Å². The molecule has 0 aromatic heterocycles. The van der Waals surface area contributed by atoms with Crippen LogP contribution in [-0.4, -0.2) is 26.1 Å². The molecule has 2 nitrogen and oxygen atoms in total. The SMILES string of the molecule is CC1(C)CC[C@]2(CO)CC[C@@]3(C)C(=CCC4[C@@]5(C)CC[C@H](O[Si](C)(C)C(C)(C)C)C(C)(C)C5CC[C@]43C)[C@@H]2C1. The molecule has 1 N–H and O–H groups in total. The van der Waals surface area contributed by atoms with Crippen LogP contribution in [0.4, 0.5) is 0 Å². The van der Waals surface area contributed by atoms with Crippen LogP contribution in [0.25, 0.3) is 0 Å². The first-order valence-corrected chi connectivity index (χ1v) is 19.6. The third kappa shape index (κ3) is 4.19. The second-order valence-corrected chi connectivity index (χ2v) is 23.7. The monoisotopic (exact) mass is 556 g/mol. The molecule has 0 bridgehead atoms. The zero-order chi connectivity index (χ0) is 29.1. The van der Waals surface area contributed by atoms with E-state index in [1.54, 1.807) is 5.57 Å². The van der Waals surface area contributed by atoms with Crippen molar-refractivity contribution in [2.45, 2.75) is 158 Å². The first-order chi connectivity index (χ1) is 17.7. The van der Waals surface area contributed by atoms with E-state index in [-0.39, 0.29) is 21.3 Å². The van der Waals surface area contributed by atoms with Crippen molar-refractivity contribution in [2.75, 3.05) is 6.61 Å². The maximum absolute atomic E-state index is 10.8. The van der Waals surface area contributed by atoms with Crippen molar-refractivity contribution in [3.05, 3.63) is 11.6 Å². The molecule has 0 saturated heterocycles. The topological polar surface area (TPSA) is 29.5 Å². The van der Waals surface area contributed by atoms with E-state index in [1.807, 2.05) is 0 Å². The smallest absolute Gasteiger partial charge is 0.192 e. The summed E-state index contributed by atoms with van der Waals surface area (Å²) in [5, 5.41) is 11.0. The van der Waals surface area contributed by atoms with Gasteiger partial charge in [-0.3, -0.25) is 0 Å². The molecule has 3 heteroatoms. The first kappa shape index (κ1) is 30.3. The van der Waals surface area contributed by atoms with E-state index in [0.717, 1.165) is 11.8 Å². The van der Waals surface area contributed by atoms with E-state index >= 15 is 0 Å². The van der Waals surface area contributed by atoms with Crippen LogP contribution in [-0.2, 0) is 4.43 Å². The minimum absolute atomic E-state index is 0.131. The van der Waals surface area contributed by atoms with Gasteiger partial charge in [0.1, 0.15) is 0 Å². The van der Waals surface area contributed by atoms with E-state index in [9.17, 15) is 5.11 Å². The van der Waals surface area contributed by atoms with Crippen molar-refractivity contribution in [2.24, 2.45) is 50.2 Å². The molecule has 0 aliphatic heterocycles. The lowest BCUT2D eigenvalue weighted by atomic mass is 9.33. The molecule has 0 aromatic carbocycles. The molecule has 4 saturated carbocycles. The Kier molecular flexibility index (Phi) is 6.96. The summed E-state index contributed by atoms with van der Waals surface area (Å²) >= 11 is 0. The Bertz CT molecular complexity index is 1000. The lowest BCUT2D eigenvalue weighted by Gasteiger charge is -2.71. The molecule has 0 spiro atoms. The Morgan fingerprint density at radius 1 is 0.872 bits per heavy atom. The number of fused-ring (bicyclic) bond motifs is 7. The molecule has 8 atom stereocenters. The average Bonchev–Trinajstić information content (AvgIpc) is 2.80. The van der Waals surface area contributed by atoms with Gasteiger partial charge in [0.25, 0.3) is 0 Å². The van der Waals surface area contributed by atoms with Crippen LogP contribution in [0.1, 0.15) is 133 Å². The highest BCUT2D eigenvalue weighted by Gasteiger charge is 2.68. The summed E-state index contributed by atoms with van der Waals surface area (Å²) in [5.74, 6) is 2.03. The molecule has 4 fully saturated rings. The van der Waals surface area contributed by atoms with Crippen LogP contribution in [0.2, 0.25) is 18.1 Å². The molecule has 0 radical (unpaired) electrons. The number of allylic oxidation sites excluding steroid dienone is 2. The third-order valence-electron chi connectivity index (χ3n) is 15.3. The van der Waals surface area contributed by atoms with Crippen molar-refractivity contribution in [3.8, 4) is 0 Å². The maximum atomic E-state index is 10.8. The van der Waals surface area contributed by atoms with Gasteiger partial charge in [-0.25, -0.2) is 0 Å². The number of aliphatic hydroxyl groups is 1. The molecular formula is C36H64O2Si. The zero-order valence-electron chi connectivity index (χ0n) is 28.0. The number of aliphatic hydroxyl groups excluding tert-OH is 1. The van der Waals surface area contributed by atoms with Gasteiger partial charge in [-0.1, -0.05) is 80.9 Å². The fourth-order valence-corrected chi connectivity index (χ4v) is 12.8. The maximum Gasteiger partial charge on any atom is 0.192 e. The Morgan fingerprint density at radius 2 is 1.51 bits per heavy atom. The summed E-state index contributed by atoms with van der Waals surface area (Å²) in [4.78, 5) is 0. The van der Waals surface area contributed by atoms with Crippen molar-refractivity contribution in [3.63, 3.8) is 0 Å². The normalized spacial score (nSPS) is 47.3. The molecule has 0 amide bonds. The van der Waals surface area contributed by atoms with Crippen molar-refractivity contribution in [1.82, 2.24) is 0 Å². The molecule has 0 aromatic rings. The fraction of sp³-hybridized carbons (Fsp3) is 0.944. The summed E-state index contributed by atoms with van der Waals surface area (Å²) < 4.78 is 7.22. The molecule has 2 unspecified atom stereocenters. The van der Waals surface area contributed by atoms with Crippen molar-refractivity contribution < 1.29 is 9.53 Å². The average molecular weight is 557 g/mol. The van der Waals surface area contributed by atoms with E-state index in [0.29, 0.717) is 34.9 Å². The van der Waals surface area contributed by atoms with E-state index < -0.39 is 8.32 Å². The van der Waals surface area contributed by atoms with Gasteiger partial charge in [0.05, 0.1) is 6.10 Å². The summed E-state index contributed by atoms with van der Waals surface area (Å²) in [6.45, 7) is 30.6. The predicted molar refractivity (Wildman–Crippen MR) is 168 cm³/mol. The van der Waals surface area contributed by atoms with Gasteiger partial charge >= 0.3 is 0 Å². The molecular weight excluding hydrogens is 492 g/mol. The van der Waals surface area contributed by atoms with Gasteiger partial charge in [-0.2, -0.15) is 0 Å². The number of hydrogen-bond acceptors (Lipinski definition) is 2. The van der Waals surface area contributed by atoms with Gasteiger partial charge in [0.15, 0.2) is 8.32 Å². The lowest BCUT2D eigenvalue weighted by molar-refractivity contribution is -0.202. The van der Waals surface area contributed by atoms with Crippen LogP contribution in [0.5, 0.6) is 0 Å². The number of hydrogen-bond donors (Lipinski definition) is 1. The largest absolute Gasteiger partial charge is 0.413 e. The van der Waals surface area contributed by atoms with Crippen molar-refractivity contribution in [1.29, 1.82) is 0 Å². The highest BCUT2D eigenvalue weighted by Crippen LogP contribution is 2.75. The highest BCUT2D eigenvalue weighted by atomic mass is 28.4. The summed E-state index contributed by atoms with van der Waals surface area (Å²) in [7, 11) is -1.82. The summed E-state index contributed by atoms with van der Waals surface area (Å²) in [6, 6.07) is 0. The lowest BCUT2D eigenvalue weighted by Crippen LogP contribution is -2.65. The minimum Gasteiger partial charge on any atom is -0.413 e. The Morgan fingerprint density at radius 3 is 2.13 bits per heavy atom. The molecule has 39 heavy (non-hydrogen) atoms. The molecule has 5 aliphatic carbocycles. The van der Waals surface area contributed by atoms with Crippen LogP contribution >= 0.6 is 0 Å². The second kappa shape index (κ2) is 8.95. The summed E-state index contributed by atoms with van der Waals surface area (Å²) in [5.41, 5.74) is 3.47. The fourth-order valence-electron chi connectivity index (χ4n) is 11.4. The molecule has 224 valence electrons. The van der Waals surface area contributed by atoms with Crippen LogP contribution < -0.4 is 0 Å². The van der Waals surface area contributed by atoms with E-state index in [4.69, 9.17) is 4.43 Å². The van der Waals surface area contributed by atoms with E-state index in [2.05, 4.69) is 88.4 Å². The van der Waals surface area contributed by atoms with Crippen LogP contribution in [0.3, 0.4) is 0 Å². The minimum atomic E-state index is -1.82. The molecule has 5 aliphatic rings.